The summed E-state index contributed by atoms with van der Waals surface area (Å²) in [6.45, 7) is 7.98. The molecule has 1 fully saturated rings. The highest BCUT2D eigenvalue weighted by atomic mass is 16.1. The average molecular weight is 285 g/mol. The second kappa shape index (κ2) is 5.90. The van der Waals surface area contributed by atoms with E-state index in [9.17, 15) is 4.79 Å². The molecule has 4 nitrogen and oxygen atoms in total. The molecular formula is C17H23N3O. The Morgan fingerprint density at radius 1 is 1.38 bits per heavy atom. The van der Waals surface area contributed by atoms with Crippen molar-refractivity contribution in [2.75, 3.05) is 25.0 Å². The summed E-state index contributed by atoms with van der Waals surface area (Å²) in [7, 11) is 0. The van der Waals surface area contributed by atoms with Crippen molar-refractivity contribution < 1.29 is 0 Å². The van der Waals surface area contributed by atoms with E-state index >= 15 is 0 Å². The monoisotopic (exact) mass is 285 g/mol. The zero-order chi connectivity index (χ0) is 14.8. The number of nitrogens with zero attached hydrogens (tertiary/aromatic N) is 1. The number of aromatic amines is 1. The molecule has 1 aromatic carbocycles. The molecule has 1 saturated heterocycles. The van der Waals surface area contributed by atoms with E-state index in [-0.39, 0.29) is 5.56 Å². The van der Waals surface area contributed by atoms with Crippen molar-refractivity contribution in [3.05, 3.63) is 40.8 Å². The van der Waals surface area contributed by atoms with E-state index in [1.54, 1.807) is 6.20 Å². The molecule has 0 bridgehead atoms. The van der Waals surface area contributed by atoms with Crippen LogP contribution in [0.4, 0.5) is 5.69 Å². The third-order valence-electron chi connectivity index (χ3n) is 4.04. The minimum atomic E-state index is -0.0250. The van der Waals surface area contributed by atoms with Crippen LogP contribution in [-0.2, 0) is 0 Å². The van der Waals surface area contributed by atoms with Crippen LogP contribution in [0.2, 0.25) is 0 Å². The van der Waals surface area contributed by atoms with Gasteiger partial charge in [0, 0.05) is 42.9 Å². The molecule has 2 heterocycles. The van der Waals surface area contributed by atoms with E-state index in [1.807, 2.05) is 18.2 Å². The minimum Gasteiger partial charge on any atom is -0.381 e. The smallest absolute Gasteiger partial charge is 0.255 e. The van der Waals surface area contributed by atoms with Crippen molar-refractivity contribution in [2.45, 2.75) is 26.3 Å². The number of likely N-dealkylation sites (tertiary alicyclic amines) is 1. The zero-order valence-electron chi connectivity index (χ0n) is 12.7. The van der Waals surface area contributed by atoms with Gasteiger partial charge in [-0.3, -0.25) is 4.79 Å². The highest BCUT2D eigenvalue weighted by molar-refractivity contribution is 5.84. The molecule has 0 spiro atoms. The summed E-state index contributed by atoms with van der Waals surface area (Å²) < 4.78 is 0. The SMILES string of the molecule is CC(C)CN1CC[C@H](Nc2ccc3c(=O)[nH]ccc3c2)C1. The van der Waals surface area contributed by atoms with Gasteiger partial charge in [-0.1, -0.05) is 13.8 Å². The first-order valence-corrected chi connectivity index (χ1v) is 7.72. The predicted molar refractivity (Wildman–Crippen MR) is 87.9 cm³/mol. The fourth-order valence-electron chi connectivity index (χ4n) is 3.15. The number of nitrogens with one attached hydrogen (secondary N) is 2. The van der Waals surface area contributed by atoms with Crippen molar-refractivity contribution in [1.82, 2.24) is 9.88 Å². The van der Waals surface area contributed by atoms with Gasteiger partial charge in [0.2, 0.25) is 0 Å². The van der Waals surface area contributed by atoms with Gasteiger partial charge in [0.25, 0.3) is 5.56 Å². The fraction of sp³-hybridized carbons (Fsp3) is 0.471. The third kappa shape index (κ3) is 3.27. The molecule has 21 heavy (non-hydrogen) atoms. The molecule has 1 aliphatic heterocycles. The van der Waals surface area contributed by atoms with Gasteiger partial charge in [-0.25, -0.2) is 0 Å². The van der Waals surface area contributed by atoms with Gasteiger partial charge >= 0.3 is 0 Å². The number of hydrogen-bond acceptors (Lipinski definition) is 3. The number of fused-ring (bicyclic) bond motifs is 1. The second-order valence-corrected chi connectivity index (χ2v) is 6.39. The summed E-state index contributed by atoms with van der Waals surface area (Å²) in [5, 5.41) is 5.33. The summed E-state index contributed by atoms with van der Waals surface area (Å²) in [4.78, 5) is 16.9. The first-order chi connectivity index (χ1) is 10.1. The van der Waals surface area contributed by atoms with Gasteiger partial charge in [-0.2, -0.15) is 0 Å². The molecule has 0 saturated carbocycles. The maximum absolute atomic E-state index is 11.7. The molecule has 0 unspecified atom stereocenters. The topological polar surface area (TPSA) is 48.1 Å². The number of pyridine rings is 1. The molecule has 0 amide bonds. The summed E-state index contributed by atoms with van der Waals surface area (Å²) in [5.41, 5.74) is 1.08. The van der Waals surface area contributed by atoms with Crippen LogP contribution in [-0.4, -0.2) is 35.6 Å². The summed E-state index contributed by atoms with van der Waals surface area (Å²) in [5.74, 6) is 0.719. The lowest BCUT2D eigenvalue weighted by atomic mass is 10.1. The Morgan fingerprint density at radius 3 is 3.05 bits per heavy atom. The number of rotatable bonds is 4. The van der Waals surface area contributed by atoms with Gasteiger partial charge in [0.1, 0.15) is 0 Å². The van der Waals surface area contributed by atoms with Crippen LogP contribution in [0, 0.1) is 5.92 Å². The lowest BCUT2D eigenvalue weighted by molar-refractivity contribution is 0.296. The van der Waals surface area contributed by atoms with E-state index in [0.29, 0.717) is 6.04 Å². The number of benzene rings is 1. The minimum absolute atomic E-state index is 0.0250. The Balaban J connectivity index is 1.70. The van der Waals surface area contributed by atoms with E-state index in [4.69, 9.17) is 0 Å². The summed E-state index contributed by atoms with van der Waals surface area (Å²) >= 11 is 0. The molecule has 1 atom stereocenters. The molecule has 1 aliphatic rings. The molecule has 1 aromatic heterocycles. The number of anilines is 1. The summed E-state index contributed by atoms with van der Waals surface area (Å²) in [6.07, 6.45) is 2.88. The number of H-pyrrole nitrogens is 1. The largest absolute Gasteiger partial charge is 0.381 e. The predicted octanol–water partition coefficient (Wildman–Crippen LogP) is 2.67. The molecule has 2 N–H and O–H groups in total. The molecule has 2 aromatic rings. The van der Waals surface area contributed by atoms with Gasteiger partial charge < -0.3 is 15.2 Å². The van der Waals surface area contributed by atoms with Crippen LogP contribution in [0.3, 0.4) is 0 Å². The van der Waals surface area contributed by atoms with Gasteiger partial charge in [-0.05, 0) is 42.0 Å². The van der Waals surface area contributed by atoms with Crippen LogP contribution in [0.1, 0.15) is 20.3 Å². The van der Waals surface area contributed by atoms with Crippen LogP contribution in [0.25, 0.3) is 10.8 Å². The van der Waals surface area contributed by atoms with Crippen LogP contribution in [0.15, 0.2) is 35.3 Å². The molecule has 112 valence electrons. The molecule has 0 radical (unpaired) electrons. The standard InChI is InChI=1S/C17H23N3O/c1-12(2)10-20-8-6-15(11-20)19-14-3-4-16-13(9-14)5-7-18-17(16)21/h3-5,7,9,12,15,19H,6,8,10-11H2,1-2H3,(H,18,21)/t15-/m0/s1. The van der Waals surface area contributed by atoms with Gasteiger partial charge in [0.15, 0.2) is 0 Å². The first-order valence-electron chi connectivity index (χ1n) is 7.72. The molecule has 3 rings (SSSR count). The lowest BCUT2D eigenvalue weighted by Gasteiger charge is -2.19. The Bertz CT molecular complexity index is 677. The van der Waals surface area contributed by atoms with Crippen molar-refractivity contribution in [1.29, 1.82) is 0 Å². The maximum atomic E-state index is 11.7. The highest BCUT2D eigenvalue weighted by Crippen LogP contribution is 2.20. The van der Waals surface area contributed by atoms with Crippen LogP contribution >= 0.6 is 0 Å². The van der Waals surface area contributed by atoms with Crippen molar-refractivity contribution in [3.8, 4) is 0 Å². The van der Waals surface area contributed by atoms with Gasteiger partial charge in [-0.15, -0.1) is 0 Å². The Hall–Kier alpha value is -1.81. The van der Waals surface area contributed by atoms with E-state index in [0.717, 1.165) is 28.9 Å². The highest BCUT2D eigenvalue weighted by Gasteiger charge is 2.22. The van der Waals surface area contributed by atoms with Crippen LogP contribution in [0.5, 0.6) is 0 Å². The quantitative estimate of drug-likeness (QED) is 0.908. The Kier molecular flexibility index (Phi) is 3.97. The third-order valence-corrected chi connectivity index (χ3v) is 4.04. The molecular weight excluding hydrogens is 262 g/mol. The summed E-state index contributed by atoms with van der Waals surface area (Å²) in [6, 6.07) is 8.42. The Labute approximate surface area is 125 Å². The van der Waals surface area contributed by atoms with Crippen molar-refractivity contribution in [2.24, 2.45) is 5.92 Å². The van der Waals surface area contributed by atoms with Crippen LogP contribution < -0.4 is 10.9 Å². The van der Waals surface area contributed by atoms with E-state index < -0.39 is 0 Å². The second-order valence-electron chi connectivity index (χ2n) is 6.39. The van der Waals surface area contributed by atoms with Crippen molar-refractivity contribution >= 4 is 16.5 Å². The number of aromatic nitrogens is 1. The van der Waals surface area contributed by atoms with Crippen molar-refractivity contribution in [3.63, 3.8) is 0 Å². The number of hydrogen-bond donors (Lipinski definition) is 2. The fourth-order valence-corrected chi connectivity index (χ4v) is 3.15. The lowest BCUT2D eigenvalue weighted by Crippen LogP contribution is -2.29. The normalized spacial score (nSPS) is 19.5. The zero-order valence-corrected chi connectivity index (χ0v) is 12.7. The Morgan fingerprint density at radius 2 is 2.24 bits per heavy atom. The maximum Gasteiger partial charge on any atom is 0.255 e. The van der Waals surface area contributed by atoms with Gasteiger partial charge in [0.05, 0.1) is 0 Å². The molecule has 0 aliphatic carbocycles. The van der Waals surface area contributed by atoms with E-state index in [2.05, 4.69) is 35.1 Å². The van der Waals surface area contributed by atoms with E-state index in [1.165, 1.54) is 19.5 Å². The first kappa shape index (κ1) is 14.1. The molecule has 4 heteroatoms. The average Bonchev–Trinajstić information content (AvgIpc) is 2.85.